The van der Waals surface area contributed by atoms with Gasteiger partial charge in [0.2, 0.25) is 0 Å². The van der Waals surface area contributed by atoms with Crippen LogP contribution in [0.15, 0.2) is 42.5 Å². The molecule has 2 aromatic carbocycles. The van der Waals surface area contributed by atoms with Crippen LogP contribution >= 0.6 is 12.4 Å². The Morgan fingerprint density at radius 3 is 2.31 bits per heavy atom. The molecule has 2 aromatic rings. The zero-order valence-corrected chi connectivity index (χ0v) is 16.8. The van der Waals surface area contributed by atoms with Crippen molar-refractivity contribution in [1.82, 2.24) is 4.90 Å². The van der Waals surface area contributed by atoms with E-state index in [9.17, 15) is 13.6 Å². The number of carbonyl (C=O) groups is 1. The largest absolute Gasteiger partial charge is 0.457 e. The fourth-order valence-electron chi connectivity index (χ4n) is 3.08. The van der Waals surface area contributed by atoms with Crippen LogP contribution in [0.2, 0.25) is 0 Å². The SMILES string of the molecule is Cl.NCCCOC1CCN(C(=O)c2ccc(Oc3ccc(F)c(F)c3)cc2)CC1. The Labute approximate surface area is 175 Å². The molecule has 1 aliphatic heterocycles. The van der Waals surface area contributed by atoms with E-state index >= 15 is 0 Å². The Balaban J connectivity index is 0.00000300. The number of hydrogen-bond donors (Lipinski definition) is 1. The van der Waals surface area contributed by atoms with E-state index in [1.807, 2.05) is 4.90 Å². The van der Waals surface area contributed by atoms with Crippen molar-refractivity contribution in [3.8, 4) is 11.5 Å². The molecule has 1 fully saturated rings. The molecule has 29 heavy (non-hydrogen) atoms. The molecule has 1 heterocycles. The van der Waals surface area contributed by atoms with Gasteiger partial charge in [0.05, 0.1) is 6.10 Å². The van der Waals surface area contributed by atoms with E-state index in [-0.39, 0.29) is 30.2 Å². The summed E-state index contributed by atoms with van der Waals surface area (Å²) in [5.41, 5.74) is 6.02. The molecule has 158 valence electrons. The van der Waals surface area contributed by atoms with Gasteiger partial charge in [0.15, 0.2) is 11.6 Å². The second-order valence-electron chi connectivity index (χ2n) is 6.71. The Morgan fingerprint density at radius 2 is 1.69 bits per heavy atom. The standard InChI is InChI=1S/C21H24F2N2O3.ClH/c22-19-7-6-18(14-20(19)23)28-17-4-2-15(3-5-17)21(26)25-11-8-16(9-12-25)27-13-1-10-24;/h2-7,14,16H,1,8-13,24H2;1H. The van der Waals surface area contributed by atoms with Crippen LogP contribution in [0, 0.1) is 11.6 Å². The van der Waals surface area contributed by atoms with Crippen molar-refractivity contribution in [2.75, 3.05) is 26.2 Å². The lowest BCUT2D eigenvalue weighted by molar-refractivity contribution is 0.00844. The average Bonchev–Trinajstić information content (AvgIpc) is 2.72. The summed E-state index contributed by atoms with van der Waals surface area (Å²) >= 11 is 0. The van der Waals surface area contributed by atoms with Crippen LogP contribution in [0.4, 0.5) is 8.78 Å². The van der Waals surface area contributed by atoms with Crippen LogP contribution in [-0.4, -0.2) is 43.2 Å². The predicted octanol–water partition coefficient (Wildman–Crippen LogP) is 4.15. The van der Waals surface area contributed by atoms with E-state index in [0.717, 1.165) is 31.4 Å². The van der Waals surface area contributed by atoms with E-state index in [1.54, 1.807) is 24.3 Å². The summed E-state index contributed by atoms with van der Waals surface area (Å²) < 4.78 is 37.5. The molecule has 1 aliphatic rings. The smallest absolute Gasteiger partial charge is 0.253 e. The van der Waals surface area contributed by atoms with Crippen molar-refractivity contribution in [1.29, 1.82) is 0 Å². The second kappa shape index (κ2) is 11.1. The van der Waals surface area contributed by atoms with Crippen molar-refractivity contribution in [2.24, 2.45) is 5.73 Å². The van der Waals surface area contributed by atoms with E-state index in [2.05, 4.69) is 0 Å². The van der Waals surface area contributed by atoms with Gasteiger partial charge in [-0.25, -0.2) is 8.78 Å². The highest BCUT2D eigenvalue weighted by molar-refractivity contribution is 5.94. The maximum atomic E-state index is 13.3. The van der Waals surface area contributed by atoms with Crippen molar-refractivity contribution in [2.45, 2.75) is 25.4 Å². The van der Waals surface area contributed by atoms with Crippen LogP contribution in [0.3, 0.4) is 0 Å². The van der Waals surface area contributed by atoms with Crippen LogP contribution in [-0.2, 0) is 4.74 Å². The molecule has 3 rings (SSSR count). The number of rotatable bonds is 7. The van der Waals surface area contributed by atoms with Gasteiger partial charge in [-0.2, -0.15) is 0 Å². The molecule has 0 aliphatic carbocycles. The molecule has 0 saturated carbocycles. The van der Waals surface area contributed by atoms with E-state index in [0.29, 0.717) is 37.6 Å². The van der Waals surface area contributed by atoms with Gasteiger partial charge in [-0.05, 0) is 62.2 Å². The molecule has 0 aromatic heterocycles. The van der Waals surface area contributed by atoms with Crippen LogP contribution in [0.5, 0.6) is 11.5 Å². The number of ether oxygens (including phenoxy) is 2. The Morgan fingerprint density at radius 1 is 1.03 bits per heavy atom. The van der Waals surface area contributed by atoms with Crippen LogP contribution in [0.25, 0.3) is 0 Å². The molecule has 0 bridgehead atoms. The van der Waals surface area contributed by atoms with Gasteiger partial charge in [-0.1, -0.05) is 0 Å². The third kappa shape index (κ3) is 6.39. The third-order valence-electron chi connectivity index (χ3n) is 4.66. The number of likely N-dealkylation sites (tertiary alicyclic amines) is 1. The highest BCUT2D eigenvalue weighted by atomic mass is 35.5. The molecule has 0 unspecified atom stereocenters. The first kappa shape index (κ1) is 23.1. The lowest BCUT2D eigenvalue weighted by Crippen LogP contribution is -2.41. The zero-order chi connectivity index (χ0) is 19.9. The molecule has 0 spiro atoms. The number of nitrogens with two attached hydrogens (primary N) is 1. The van der Waals surface area contributed by atoms with Gasteiger partial charge in [0.25, 0.3) is 5.91 Å². The minimum Gasteiger partial charge on any atom is -0.457 e. The van der Waals surface area contributed by atoms with Crippen molar-refractivity contribution in [3.05, 3.63) is 59.7 Å². The van der Waals surface area contributed by atoms with Gasteiger partial charge < -0.3 is 20.1 Å². The number of carbonyl (C=O) groups excluding carboxylic acids is 1. The number of hydrogen-bond acceptors (Lipinski definition) is 4. The first-order valence-electron chi connectivity index (χ1n) is 9.40. The maximum absolute atomic E-state index is 13.3. The molecular weight excluding hydrogens is 402 g/mol. The minimum absolute atomic E-state index is 0. The number of amides is 1. The maximum Gasteiger partial charge on any atom is 0.253 e. The molecule has 1 saturated heterocycles. The number of halogens is 3. The lowest BCUT2D eigenvalue weighted by atomic mass is 10.1. The van der Waals surface area contributed by atoms with Crippen LogP contribution in [0.1, 0.15) is 29.6 Å². The predicted molar refractivity (Wildman–Crippen MR) is 109 cm³/mol. The van der Waals surface area contributed by atoms with Gasteiger partial charge in [-0.3, -0.25) is 4.79 Å². The summed E-state index contributed by atoms with van der Waals surface area (Å²) in [6.45, 7) is 2.58. The first-order chi connectivity index (χ1) is 13.6. The molecule has 0 atom stereocenters. The summed E-state index contributed by atoms with van der Waals surface area (Å²) in [6, 6.07) is 9.94. The van der Waals surface area contributed by atoms with Gasteiger partial charge in [0, 0.05) is 31.3 Å². The number of piperidine rings is 1. The summed E-state index contributed by atoms with van der Waals surface area (Å²) in [5, 5.41) is 0. The summed E-state index contributed by atoms with van der Waals surface area (Å²) in [5.74, 6) is -1.31. The molecule has 8 heteroatoms. The Kier molecular flexibility index (Phi) is 8.82. The molecule has 2 N–H and O–H groups in total. The molecule has 5 nitrogen and oxygen atoms in total. The minimum atomic E-state index is -0.972. The fourth-order valence-corrected chi connectivity index (χ4v) is 3.08. The molecule has 0 radical (unpaired) electrons. The van der Waals surface area contributed by atoms with Gasteiger partial charge in [0.1, 0.15) is 11.5 Å². The fraction of sp³-hybridized carbons (Fsp3) is 0.381. The van der Waals surface area contributed by atoms with Crippen LogP contribution < -0.4 is 10.5 Å². The second-order valence-corrected chi connectivity index (χ2v) is 6.71. The number of benzene rings is 2. The third-order valence-corrected chi connectivity index (χ3v) is 4.66. The summed E-state index contributed by atoms with van der Waals surface area (Å²) in [6.07, 6.45) is 2.65. The topological polar surface area (TPSA) is 64.8 Å². The molecular formula is C21H25ClF2N2O3. The normalized spacial score (nSPS) is 14.4. The van der Waals surface area contributed by atoms with Gasteiger partial charge >= 0.3 is 0 Å². The average molecular weight is 427 g/mol. The number of nitrogens with zero attached hydrogens (tertiary/aromatic N) is 1. The zero-order valence-electron chi connectivity index (χ0n) is 16.0. The summed E-state index contributed by atoms with van der Waals surface area (Å²) in [4.78, 5) is 14.5. The van der Waals surface area contributed by atoms with E-state index in [1.165, 1.54) is 6.07 Å². The molecule has 1 amide bonds. The van der Waals surface area contributed by atoms with Gasteiger partial charge in [-0.15, -0.1) is 12.4 Å². The Bertz CT molecular complexity index is 797. The lowest BCUT2D eigenvalue weighted by Gasteiger charge is -2.32. The van der Waals surface area contributed by atoms with Crippen molar-refractivity contribution < 1.29 is 23.0 Å². The van der Waals surface area contributed by atoms with Crippen molar-refractivity contribution >= 4 is 18.3 Å². The van der Waals surface area contributed by atoms with E-state index in [4.69, 9.17) is 15.2 Å². The highest BCUT2D eigenvalue weighted by Gasteiger charge is 2.24. The first-order valence-corrected chi connectivity index (χ1v) is 9.40. The highest BCUT2D eigenvalue weighted by Crippen LogP contribution is 2.24. The monoisotopic (exact) mass is 426 g/mol. The summed E-state index contributed by atoms with van der Waals surface area (Å²) in [7, 11) is 0. The van der Waals surface area contributed by atoms with E-state index < -0.39 is 11.6 Å². The Hall–Kier alpha value is -2.22. The quantitative estimate of drug-likeness (QED) is 0.675. The van der Waals surface area contributed by atoms with Crippen molar-refractivity contribution in [3.63, 3.8) is 0 Å².